The van der Waals surface area contributed by atoms with Crippen molar-refractivity contribution in [3.8, 4) is 0 Å². The van der Waals surface area contributed by atoms with Crippen LogP contribution in [0.1, 0.15) is 17.2 Å². The van der Waals surface area contributed by atoms with E-state index in [0.29, 0.717) is 5.56 Å². The third-order valence-corrected chi connectivity index (χ3v) is 1.98. The highest BCUT2D eigenvalue weighted by Crippen LogP contribution is 2.23. The number of nitro benzene ring substituents is 1. The van der Waals surface area contributed by atoms with Crippen LogP contribution in [0.15, 0.2) is 18.2 Å². The summed E-state index contributed by atoms with van der Waals surface area (Å²) < 4.78 is 0. The monoisotopic (exact) mass is 211 g/mol. The summed E-state index contributed by atoms with van der Waals surface area (Å²) in [5.74, 6) is -1.44. The van der Waals surface area contributed by atoms with Gasteiger partial charge in [0, 0.05) is 11.6 Å². The first-order valence-electron chi connectivity index (χ1n) is 4.09. The predicted molar refractivity (Wildman–Crippen MR) is 50.4 cm³/mol. The molecule has 0 aliphatic rings. The van der Waals surface area contributed by atoms with Crippen molar-refractivity contribution in [1.29, 1.82) is 0 Å². The van der Waals surface area contributed by atoms with Crippen LogP contribution in [0.3, 0.4) is 0 Å². The van der Waals surface area contributed by atoms with Crippen molar-refractivity contribution < 1.29 is 19.9 Å². The number of benzene rings is 1. The van der Waals surface area contributed by atoms with Gasteiger partial charge in [0.1, 0.15) is 0 Å². The average molecular weight is 211 g/mol. The van der Waals surface area contributed by atoms with E-state index in [9.17, 15) is 20.0 Å². The Morgan fingerprint density at radius 3 is 2.60 bits per heavy atom. The van der Waals surface area contributed by atoms with Crippen LogP contribution in [0, 0.1) is 17.0 Å². The number of nitro groups is 1. The minimum atomic E-state index is -1.73. The molecular weight excluding hydrogens is 202 g/mol. The van der Waals surface area contributed by atoms with E-state index in [2.05, 4.69) is 0 Å². The summed E-state index contributed by atoms with van der Waals surface area (Å²) in [7, 11) is 0. The molecule has 1 unspecified atom stereocenters. The van der Waals surface area contributed by atoms with Crippen molar-refractivity contribution >= 4 is 11.7 Å². The zero-order chi connectivity index (χ0) is 11.6. The zero-order valence-corrected chi connectivity index (χ0v) is 7.88. The van der Waals surface area contributed by atoms with Gasteiger partial charge in [-0.2, -0.15) is 0 Å². The van der Waals surface area contributed by atoms with Crippen molar-refractivity contribution in [3.05, 3.63) is 39.4 Å². The summed E-state index contributed by atoms with van der Waals surface area (Å²) in [6, 6.07) is 3.81. The normalized spacial score (nSPS) is 12.1. The number of carboxylic acids is 1. The molecule has 1 aromatic carbocycles. The van der Waals surface area contributed by atoms with E-state index in [1.165, 1.54) is 19.1 Å². The Kier molecular flexibility index (Phi) is 3.01. The van der Waals surface area contributed by atoms with Crippen LogP contribution in [0.2, 0.25) is 0 Å². The molecule has 6 heteroatoms. The Labute approximate surface area is 84.9 Å². The molecule has 80 valence electrons. The maximum absolute atomic E-state index is 10.5. The molecule has 6 nitrogen and oxygen atoms in total. The zero-order valence-electron chi connectivity index (χ0n) is 7.88. The average Bonchev–Trinajstić information content (AvgIpc) is 2.16. The summed E-state index contributed by atoms with van der Waals surface area (Å²) in [4.78, 5) is 20.4. The van der Waals surface area contributed by atoms with Gasteiger partial charge in [-0.25, -0.2) is 4.79 Å². The smallest absolute Gasteiger partial charge is 0.337 e. The summed E-state index contributed by atoms with van der Waals surface area (Å²) >= 11 is 0. The minimum absolute atomic E-state index is 0.000185. The lowest BCUT2D eigenvalue weighted by molar-refractivity contribution is -0.385. The number of aliphatic hydroxyl groups excluding tert-OH is 1. The van der Waals surface area contributed by atoms with Crippen LogP contribution in [0.5, 0.6) is 0 Å². The molecule has 0 heterocycles. The van der Waals surface area contributed by atoms with Crippen molar-refractivity contribution in [1.82, 2.24) is 0 Å². The highest BCUT2D eigenvalue weighted by atomic mass is 16.6. The number of carbonyl (C=O) groups is 1. The van der Waals surface area contributed by atoms with E-state index in [1.54, 1.807) is 0 Å². The first-order chi connectivity index (χ1) is 6.93. The maximum Gasteiger partial charge on any atom is 0.337 e. The molecule has 0 spiro atoms. The molecule has 0 aliphatic heterocycles. The number of carboxylic acid groups (broad SMARTS) is 1. The molecule has 0 aliphatic carbocycles. The maximum atomic E-state index is 10.5. The fourth-order valence-electron chi connectivity index (χ4n) is 1.14. The molecule has 1 aromatic rings. The summed E-state index contributed by atoms with van der Waals surface area (Å²) in [6.07, 6.45) is -1.73. The number of aliphatic carboxylic acids is 1. The standard InChI is InChI=1S/C9H9NO5/c1-5-2-3-6(8(11)9(12)13)4-7(5)10(14)15/h2-4,8,11H,1H3,(H,12,13). The quantitative estimate of drug-likeness (QED) is 0.574. The van der Waals surface area contributed by atoms with Gasteiger partial charge in [0.05, 0.1) is 4.92 Å². The molecule has 15 heavy (non-hydrogen) atoms. The minimum Gasteiger partial charge on any atom is -0.479 e. The number of hydrogen-bond acceptors (Lipinski definition) is 4. The molecule has 0 saturated carbocycles. The molecule has 0 fully saturated rings. The summed E-state index contributed by atoms with van der Waals surface area (Å²) in [5, 5.41) is 28.2. The van der Waals surface area contributed by atoms with Crippen molar-refractivity contribution in [2.24, 2.45) is 0 Å². The van der Waals surface area contributed by atoms with E-state index in [4.69, 9.17) is 5.11 Å². The van der Waals surface area contributed by atoms with Crippen LogP contribution in [-0.2, 0) is 4.79 Å². The molecular formula is C9H9NO5. The molecule has 0 amide bonds. The highest BCUT2D eigenvalue weighted by molar-refractivity contribution is 5.74. The number of nitrogens with zero attached hydrogens (tertiary/aromatic N) is 1. The van der Waals surface area contributed by atoms with E-state index in [0.717, 1.165) is 6.07 Å². The Morgan fingerprint density at radius 2 is 2.13 bits per heavy atom. The van der Waals surface area contributed by atoms with Gasteiger partial charge in [-0.15, -0.1) is 0 Å². The topological polar surface area (TPSA) is 101 Å². The second kappa shape index (κ2) is 4.05. The second-order valence-electron chi connectivity index (χ2n) is 3.04. The van der Waals surface area contributed by atoms with E-state index in [-0.39, 0.29) is 11.3 Å². The van der Waals surface area contributed by atoms with Crippen molar-refractivity contribution in [2.45, 2.75) is 13.0 Å². The van der Waals surface area contributed by atoms with Gasteiger partial charge in [0.15, 0.2) is 6.10 Å². The molecule has 0 saturated heterocycles. The third kappa shape index (κ3) is 2.29. The van der Waals surface area contributed by atoms with Crippen LogP contribution >= 0.6 is 0 Å². The van der Waals surface area contributed by atoms with Gasteiger partial charge < -0.3 is 10.2 Å². The van der Waals surface area contributed by atoms with Crippen molar-refractivity contribution in [2.75, 3.05) is 0 Å². The molecule has 0 aromatic heterocycles. The lowest BCUT2D eigenvalue weighted by atomic mass is 10.1. The Balaban J connectivity index is 3.18. The molecule has 2 N–H and O–H groups in total. The number of aryl methyl sites for hydroxylation is 1. The Bertz CT molecular complexity index is 415. The lowest BCUT2D eigenvalue weighted by Crippen LogP contribution is -2.10. The molecule has 1 atom stereocenters. The van der Waals surface area contributed by atoms with E-state index in [1.807, 2.05) is 0 Å². The highest BCUT2D eigenvalue weighted by Gasteiger charge is 2.19. The second-order valence-corrected chi connectivity index (χ2v) is 3.04. The Morgan fingerprint density at radius 1 is 1.53 bits per heavy atom. The number of rotatable bonds is 3. The first-order valence-corrected chi connectivity index (χ1v) is 4.09. The van der Waals surface area contributed by atoms with Gasteiger partial charge in [-0.05, 0) is 12.5 Å². The molecule has 1 rings (SSSR count). The van der Waals surface area contributed by atoms with E-state index >= 15 is 0 Å². The van der Waals surface area contributed by atoms with Gasteiger partial charge in [0.25, 0.3) is 5.69 Å². The number of hydrogen-bond donors (Lipinski definition) is 2. The fraction of sp³-hybridized carbons (Fsp3) is 0.222. The van der Waals surface area contributed by atoms with Crippen LogP contribution < -0.4 is 0 Å². The summed E-state index contributed by atoms with van der Waals surface area (Å²) in [6.45, 7) is 1.54. The predicted octanol–water partition coefficient (Wildman–Crippen LogP) is 1.02. The third-order valence-electron chi connectivity index (χ3n) is 1.98. The lowest BCUT2D eigenvalue weighted by Gasteiger charge is -2.06. The fourth-order valence-corrected chi connectivity index (χ4v) is 1.14. The van der Waals surface area contributed by atoms with Gasteiger partial charge in [-0.1, -0.05) is 12.1 Å². The Hall–Kier alpha value is -1.95. The van der Waals surface area contributed by atoms with Crippen LogP contribution in [0.25, 0.3) is 0 Å². The van der Waals surface area contributed by atoms with Gasteiger partial charge in [-0.3, -0.25) is 10.1 Å². The molecule has 0 radical (unpaired) electrons. The van der Waals surface area contributed by atoms with Gasteiger partial charge in [0.2, 0.25) is 0 Å². The number of aliphatic hydroxyl groups is 1. The SMILES string of the molecule is Cc1ccc(C(O)C(=O)O)cc1[N+](=O)[O-]. The van der Waals surface area contributed by atoms with Crippen LogP contribution in [0.4, 0.5) is 5.69 Å². The van der Waals surface area contributed by atoms with E-state index < -0.39 is 17.0 Å². The largest absolute Gasteiger partial charge is 0.479 e. The first kappa shape index (κ1) is 11.1. The van der Waals surface area contributed by atoms with Crippen molar-refractivity contribution in [3.63, 3.8) is 0 Å². The van der Waals surface area contributed by atoms with Crippen LogP contribution in [-0.4, -0.2) is 21.1 Å². The summed E-state index contributed by atoms with van der Waals surface area (Å²) in [5.41, 5.74) is 0.217. The van der Waals surface area contributed by atoms with Gasteiger partial charge >= 0.3 is 5.97 Å². The molecule has 0 bridgehead atoms.